The summed E-state index contributed by atoms with van der Waals surface area (Å²) in [5, 5.41) is 19.3. The van der Waals surface area contributed by atoms with Crippen LogP contribution in [0.4, 0.5) is 0 Å². The van der Waals surface area contributed by atoms with Gasteiger partial charge in [0.15, 0.2) is 11.1 Å². The van der Waals surface area contributed by atoms with Gasteiger partial charge in [0, 0.05) is 17.1 Å². The molecular formula is C17H22BrN3O4S3. The predicted octanol–water partition coefficient (Wildman–Crippen LogP) is 2.88. The lowest BCUT2D eigenvalue weighted by Crippen LogP contribution is -2.21. The molecule has 3 aromatic rings. The first-order valence-electron chi connectivity index (χ1n) is 7.61. The number of aliphatic hydroxyl groups excluding tert-OH is 1. The molecular weight excluding hydrogens is 486 g/mol. The largest absolute Gasteiger partial charge is 0.479 e. The maximum Gasteiger partial charge on any atom is 0.337 e. The molecule has 0 aliphatic carbocycles. The van der Waals surface area contributed by atoms with Gasteiger partial charge in [0.05, 0.1) is 5.69 Å². The van der Waals surface area contributed by atoms with Crippen LogP contribution in [0.15, 0.2) is 45.0 Å². The lowest BCUT2D eigenvalue weighted by atomic mass is 10.1. The molecule has 0 unspecified atom stereocenters. The van der Waals surface area contributed by atoms with Crippen molar-refractivity contribution in [3.05, 3.63) is 67.5 Å². The van der Waals surface area contributed by atoms with E-state index in [1.807, 2.05) is 19.2 Å². The summed E-state index contributed by atoms with van der Waals surface area (Å²) in [6, 6.07) is 8.01. The first kappa shape index (κ1) is 26.6. The molecule has 0 saturated carbocycles. The molecule has 0 fully saturated rings. The van der Waals surface area contributed by atoms with Crippen LogP contribution in [-0.2, 0) is 4.79 Å². The van der Waals surface area contributed by atoms with Gasteiger partial charge in [0.1, 0.15) is 4.47 Å². The van der Waals surface area contributed by atoms with Crippen LogP contribution in [0.5, 0.6) is 0 Å². The van der Waals surface area contributed by atoms with E-state index in [0.717, 1.165) is 5.69 Å². The Morgan fingerprint density at radius 1 is 1.29 bits per heavy atom. The molecule has 0 saturated heterocycles. The van der Waals surface area contributed by atoms with Crippen molar-refractivity contribution in [3.63, 3.8) is 0 Å². The highest BCUT2D eigenvalue weighted by Gasteiger charge is 2.15. The van der Waals surface area contributed by atoms with Crippen molar-refractivity contribution in [1.29, 1.82) is 0 Å². The van der Waals surface area contributed by atoms with E-state index < -0.39 is 12.1 Å². The number of carbonyl (C=O) groups is 1. The molecule has 7 nitrogen and oxygen atoms in total. The molecule has 3 rings (SSSR count). The zero-order chi connectivity index (χ0) is 19.4. The highest BCUT2D eigenvalue weighted by molar-refractivity contribution is 9.10. The average Bonchev–Trinajstić information content (AvgIpc) is 2.99. The van der Waals surface area contributed by atoms with Crippen molar-refractivity contribution in [2.45, 2.75) is 26.0 Å². The van der Waals surface area contributed by atoms with Gasteiger partial charge in [0.2, 0.25) is 0 Å². The van der Waals surface area contributed by atoms with Crippen LogP contribution < -0.4 is 11.3 Å². The van der Waals surface area contributed by atoms with Crippen molar-refractivity contribution < 1.29 is 15.0 Å². The summed E-state index contributed by atoms with van der Waals surface area (Å²) in [6.45, 7) is 3.69. The second-order valence-electron chi connectivity index (χ2n) is 5.55. The number of nitrogens with two attached hydrogens (primary N) is 1. The van der Waals surface area contributed by atoms with E-state index in [0.29, 0.717) is 20.7 Å². The molecule has 0 aliphatic heterocycles. The summed E-state index contributed by atoms with van der Waals surface area (Å²) in [4.78, 5) is 27.3. The van der Waals surface area contributed by atoms with E-state index in [1.165, 1.54) is 11.3 Å². The highest BCUT2D eigenvalue weighted by atomic mass is 79.9. The Morgan fingerprint density at radius 3 is 2.36 bits per heavy atom. The molecule has 2 heterocycles. The standard InChI is InChI=1S/C9H10BrN3OS.C8H8O3.2H2S/c1-4-3-15-9-12-7(5(2)11)6(10)8(14)13(4)9;9-7(8(10)11)6-4-2-1-3-5-6;;/h3,5H,11H2,1-2H3;1-5,7,9H,(H,10,11);2*1H2/t5-;7-;;/m00../s1. The third-order valence-electron chi connectivity index (χ3n) is 3.49. The normalized spacial score (nSPS) is 12.0. The minimum atomic E-state index is -1.41. The number of aryl methyl sites for hydroxylation is 1. The minimum Gasteiger partial charge on any atom is -0.479 e. The third-order valence-corrected chi connectivity index (χ3v) is 5.18. The summed E-state index contributed by atoms with van der Waals surface area (Å²) >= 11 is 4.69. The number of benzene rings is 1. The van der Waals surface area contributed by atoms with Gasteiger partial charge in [-0.15, -0.1) is 11.3 Å². The second kappa shape index (κ2) is 11.6. The van der Waals surface area contributed by atoms with Crippen LogP contribution in [0.1, 0.15) is 36.0 Å². The zero-order valence-electron chi connectivity index (χ0n) is 15.1. The maximum atomic E-state index is 12.0. The zero-order valence-corrected chi connectivity index (χ0v) is 19.5. The molecule has 11 heteroatoms. The number of halogens is 1. The Hall–Kier alpha value is -1.37. The Bertz CT molecular complexity index is 977. The van der Waals surface area contributed by atoms with Gasteiger partial charge < -0.3 is 15.9 Å². The number of fused-ring (bicyclic) bond motifs is 1. The van der Waals surface area contributed by atoms with Crippen LogP contribution in [0.2, 0.25) is 0 Å². The number of aromatic nitrogens is 2. The van der Waals surface area contributed by atoms with Crippen LogP contribution in [0.25, 0.3) is 4.96 Å². The van der Waals surface area contributed by atoms with Gasteiger partial charge in [-0.3, -0.25) is 9.20 Å². The molecule has 4 N–H and O–H groups in total. The third kappa shape index (κ3) is 6.06. The molecule has 0 amide bonds. The molecule has 28 heavy (non-hydrogen) atoms. The molecule has 2 atom stereocenters. The second-order valence-corrected chi connectivity index (χ2v) is 7.18. The van der Waals surface area contributed by atoms with Crippen LogP contribution in [0.3, 0.4) is 0 Å². The number of thiazole rings is 1. The van der Waals surface area contributed by atoms with Gasteiger partial charge in [-0.2, -0.15) is 27.0 Å². The molecule has 0 aliphatic rings. The molecule has 0 radical (unpaired) electrons. The van der Waals surface area contributed by atoms with Crippen LogP contribution >= 0.6 is 54.3 Å². The van der Waals surface area contributed by atoms with Gasteiger partial charge in [0.25, 0.3) is 5.56 Å². The van der Waals surface area contributed by atoms with Gasteiger partial charge in [-0.25, -0.2) is 9.78 Å². The summed E-state index contributed by atoms with van der Waals surface area (Å²) in [7, 11) is 0. The quantitative estimate of drug-likeness (QED) is 0.501. The maximum absolute atomic E-state index is 12.0. The van der Waals surface area contributed by atoms with Crippen molar-refractivity contribution in [2.24, 2.45) is 5.73 Å². The fourth-order valence-electron chi connectivity index (χ4n) is 2.16. The molecule has 154 valence electrons. The number of aliphatic carboxylic acids is 1. The Balaban J connectivity index is 0.000000507. The number of hydrogen-bond acceptors (Lipinski definition) is 6. The van der Waals surface area contributed by atoms with E-state index in [1.54, 1.807) is 34.7 Å². The summed E-state index contributed by atoms with van der Waals surface area (Å²) in [6.07, 6.45) is -1.41. The van der Waals surface area contributed by atoms with Crippen molar-refractivity contribution >= 4 is 65.2 Å². The number of aliphatic hydroxyl groups is 1. The minimum absolute atomic E-state index is 0. The first-order valence-corrected chi connectivity index (χ1v) is 9.29. The van der Waals surface area contributed by atoms with E-state index in [9.17, 15) is 9.59 Å². The molecule has 1 aromatic carbocycles. The van der Waals surface area contributed by atoms with Gasteiger partial charge in [-0.1, -0.05) is 30.3 Å². The van der Waals surface area contributed by atoms with Crippen LogP contribution in [0, 0.1) is 6.92 Å². The summed E-state index contributed by atoms with van der Waals surface area (Å²) in [5.41, 5.74) is 7.56. The first-order chi connectivity index (χ1) is 12.2. The van der Waals surface area contributed by atoms with E-state index in [2.05, 4.69) is 20.9 Å². The number of hydrogen-bond donors (Lipinski definition) is 3. The average molecular weight is 508 g/mol. The van der Waals surface area contributed by atoms with Gasteiger partial charge >= 0.3 is 5.97 Å². The Labute approximate surface area is 188 Å². The number of carboxylic acid groups (broad SMARTS) is 1. The van der Waals surface area contributed by atoms with Crippen molar-refractivity contribution in [2.75, 3.05) is 0 Å². The van der Waals surface area contributed by atoms with Crippen molar-refractivity contribution in [3.8, 4) is 0 Å². The fraction of sp³-hybridized carbons (Fsp3) is 0.235. The Kier molecular flexibility index (Phi) is 11.0. The van der Waals surface area contributed by atoms with Crippen LogP contribution in [-0.4, -0.2) is 25.6 Å². The van der Waals surface area contributed by atoms with Crippen molar-refractivity contribution in [1.82, 2.24) is 9.38 Å². The summed E-state index contributed by atoms with van der Waals surface area (Å²) in [5.74, 6) is -1.23. The fourth-order valence-corrected chi connectivity index (χ4v) is 3.65. The molecule has 0 spiro atoms. The Morgan fingerprint density at radius 2 is 1.86 bits per heavy atom. The number of carboxylic acids is 1. The number of rotatable bonds is 3. The SMILES string of the molecule is Cc1csc2nc([C@H](C)N)c(Br)c(=O)n12.O=C(O)[C@@H](O)c1ccccc1.S.S. The molecule has 2 aromatic heterocycles. The lowest BCUT2D eigenvalue weighted by Gasteiger charge is -2.07. The summed E-state index contributed by atoms with van der Waals surface area (Å²) < 4.78 is 2.04. The monoisotopic (exact) mass is 507 g/mol. The highest BCUT2D eigenvalue weighted by Crippen LogP contribution is 2.20. The van der Waals surface area contributed by atoms with E-state index in [-0.39, 0.29) is 38.6 Å². The lowest BCUT2D eigenvalue weighted by molar-refractivity contribution is -0.146. The predicted molar refractivity (Wildman–Crippen MR) is 124 cm³/mol. The van der Waals surface area contributed by atoms with E-state index >= 15 is 0 Å². The van der Waals surface area contributed by atoms with Gasteiger partial charge in [-0.05, 0) is 35.3 Å². The topological polar surface area (TPSA) is 118 Å². The smallest absolute Gasteiger partial charge is 0.337 e. The molecule has 0 bridgehead atoms. The van der Waals surface area contributed by atoms with E-state index in [4.69, 9.17) is 15.9 Å². The number of nitrogens with zero attached hydrogens (tertiary/aromatic N) is 2.